The first-order valence-electron chi connectivity index (χ1n) is 7.12. The van der Waals surface area contributed by atoms with Crippen LogP contribution in [0.1, 0.15) is 15.9 Å². The van der Waals surface area contributed by atoms with Crippen LogP contribution in [0.3, 0.4) is 0 Å². The lowest BCUT2D eigenvalue weighted by Gasteiger charge is -2.13. The quantitative estimate of drug-likeness (QED) is 0.607. The first-order valence-corrected chi connectivity index (χ1v) is 7.50. The summed E-state index contributed by atoms with van der Waals surface area (Å²) in [6.07, 6.45) is 1.29. The third kappa shape index (κ3) is 4.33. The predicted octanol–water partition coefficient (Wildman–Crippen LogP) is 2.84. The van der Waals surface area contributed by atoms with Crippen LogP contribution in [0, 0.1) is 0 Å². The van der Waals surface area contributed by atoms with E-state index in [1.54, 1.807) is 6.07 Å². The minimum Gasteiger partial charge on any atom is -0.507 e. The number of halogens is 1. The van der Waals surface area contributed by atoms with Gasteiger partial charge < -0.3 is 19.3 Å². The molecule has 0 saturated heterocycles. The molecule has 25 heavy (non-hydrogen) atoms. The van der Waals surface area contributed by atoms with Crippen molar-refractivity contribution in [3.63, 3.8) is 0 Å². The normalized spacial score (nSPS) is 10.6. The number of methoxy groups -OCH3 is 3. The van der Waals surface area contributed by atoms with E-state index in [-0.39, 0.29) is 11.3 Å². The van der Waals surface area contributed by atoms with Crippen molar-refractivity contribution < 1.29 is 24.1 Å². The minimum atomic E-state index is -0.489. The Morgan fingerprint density at radius 2 is 1.76 bits per heavy atom. The van der Waals surface area contributed by atoms with Crippen LogP contribution in [0.2, 0.25) is 5.02 Å². The lowest BCUT2D eigenvalue weighted by atomic mass is 10.1. The number of nitrogens with one attached hydrogen (secondary N) is 1. The van der Waals surface area contributed by atoms with Gasteiger partial charge in [0.25, 0.3) is 5.91 Å². The van der Waals surface area contributed by atoms with Gasteiger partial charge in [-0.25, -0.2) is 5.43 Å². The predicted molar refractivity (Wildman–Crippen MR) is 94.3 cm³/mol. The molecule has 0 unspecified atom stereocenters. The van der Waals surface area contributed by atoms with Gasteiger partial charge in [-0.1, -0.05) is 11.6 Å². The number of carbonyl (C=O) groups is 1. The van der Waals surface area contributed by atoms with Crippen LogP contribution in [-0.4, -0.2) is 38.6 Å². The van der Waals surface area contributed by atoms with Crippen molar-refractivity contribution in [2.75, 3.05) is 21.3 Å². The fourth-order valence-corrected chi connectivity index (χ4v) is 2.25. The van der Waals surface area contributed by atoms with Crippen molar-refractivity contribution in [1.82, 2.24) is 5.43 Å². The molecule has 0 heterocycles. The summed E-state index contributed by atoms with van der Waals surface area (Å²) in [4.78, 5) is 12.3. The van der Waals surface area contributed by atoms with E-state index in [2.05, 4.69) is 10.5 Å². The molecule has 0 fully saturated rings. The fraction of sp³-hybridized carbons (Fsp3) is 0.176. The maximum atomic E-state index is 12.3. The molecule has 2 rings (SSSR count). The van der Waals surface area contributed by atoms with E-state index in [4.69, 9.17) is 25.8 Å². The molecule has 0 saturated carbocycles. The second-order valence-electron chi connectivity index (χ2n) is 4.82. The Hall–Kier alpha value is -2.93. The zero-order valence-corrected chi connectivity index (χ0v) is 14.6. The monoisotopic (exact) mass is 364 g/mol. The zero-order chi connectivity index (χ0) is 18.4. The Kier molecular flexibility index (Phi) is 6.08. The van der Waals surface area contributed by atoms with Crippen LogP contribution in [0.25, 0.3) is 0 Å². The summed E-state index contributed by atoms with van der Waals surface area (Å²) in [5, 5.41) is 14.0. The van der Waals surface area contributed by atoms with Crippen molar-refractivity contribution in [1.29, 1.82) is 0 Å². The van der Waals surface area contributed by atoms with Gasteiger partial charge in [-0.3, -0.25) is 4.79 Å². The summed E-state index contributed by atoms with van der Waals surface area (Å²) < 4.78 is 15.6. The van der Waals surface area contributed by atoms with Crippen LogP contribution in [-0.2, 0) is 0 Å². The van der Waals surface area contributed by atoms with Gasteiger partial charge in [-0.05, 0) is 30.3 Å². The number of carbonyl (C=O) groups excluding carboxylic acids is 1. The van der Waals surface area contributed by atoms with E-state index in [0.29, 0.717) is 27.8 Å². The van der Waals surface area contributed by atoms with E-state index in [0.717, 1.165) is 0 Å². The molecule has 2 aromatic rings. The van der Waals surface area contributed by atoms with Gasteiger partial charge in [-0.2, -0.15) is 5.10 Å². The molecule has 0 spiro atoms. The second kappa shape index (κ2) is 8.25. The van der Waals surface area contributed by atoms with E-state index >= 15 is 0 Å². The molecule has 8 heteroatoms. The van der Waals surface area contributed by atoms with Crippen molar-refractivity contribution in [3.8, 4) is 23.0 Å². The van der Waals surface area contributed by atoms with Gasteiger partial charge in [0.2, 0.25) is 5.75 Å². The number of amides is 1. The highest BCUT2D eigenvalue weighted by Crippen LogP contribution is 2.38. The maximum Gasteiger partial charge on any atom is 0.271 e. The molecule has 0 atom stereocenters. The van der Waals surface area contributed by atoms with Crippen LogP contribution in [0.4, 0.5) is 0 Å². The molecule has 0 aliphatic rings. The van der Waals surface area contributed by atoms with Gasteiger partial charge in [0.1, 0.15) is 5.75 Å². The summed E-state index contributed by atoms with van der Waals surface area (Å²) in [6, 6.07) is 7.51. The third-order valence-electron chi connectivity index (χ3n) is 3.29. The molecular weight excluding hydrogens is 348 g/mol. The average Bonchev–Trinajstić information content (AvgIpc) is 2.62. The van der Waals surface area contributed by atoms with Crippen LogP contribution < -0.4 is 19.6 Å². The highest BCUT2D eigenvalue weighted by atomic mass is 35.5. The number of nitrogens with zero attached hydrogens (tertiary/aromatic N) is 1. The van der Waals surface area contributed by atoms with Gasteiger partial charge >= 0.3 is 0 Å². The summed E-state index contributed by atoms with van der Waals surface area (Å²) in [5.74, 6) is 0.591. The number of hydrogen-bond acceptors (Lipinski definition) is 6. The highest BCUT2D eigenvalue weighted by Gasteiger charge is 2.16. The summed E-state index contributed by atoms with van der Waals surface area (Å²) in [6.45, 7) is 0. The topological polar surface area (TPSA) is 89.4 Å². The van der Waals surface area contributed by atoms with Crippen molar-refractivity contribution in [2.45, 2.75) is 0 Å². The van der Waals surface area contributed by atoms with E-state index in [9.17, 15) is 9.90 Å². The molecule has 7 nitrogen and oxygen atoms in total. The molecule has 2 N–H and O–H groups in total. The summed E-state index contributed by atoms with van der Waals surface area (Å²) in [7, 11) is 4.39. The Morgan fingerprint density at radius 3 is 2.32 bits per heavy atom. The number of aromatic hydroxyl groups is 1. The zero-order valence-electron chi connectivity index (χ0n) is 13.9. The minimum absolute atomic E-state index is 0.00446. The molecule has 0 aliphatic heterocycles. The van der Waals surface area contributed by atoms with Gasteiger partial charge in [0.05, 0.1) is 27.5 Å². The SMILES string of the molecule is COc1cc(C(=O)N/N=C/c2cc(Cl)ccc2O)cc(OC)c1OC. The van der Waals surface area contributed by atoms with E-state index in [1.807, 2.05) is 0 Å². The number of phenolic OH excluding ortho intramolecular Hbond substituents is 1. The van der Waals surface area contributed by atoms with Gasteiger partial charge in [0.15, 0.2) is 11.5 Å². The Bertz CT molecular complexity index is 783. The number of benzene rings is 2. The average molecular weight is 365 g/mol. The molecule has 2 aromatic carbocycles. The molecule has 0 aromatic heterocycles. The summed E-state index contributed by atoms with van der Waals surface area (Å²) >= 11 is 5.85. The molecule has 132 valence electrons. The van der Waals surface area contributed by atoms with E-state index in [1.165, 1.54) is 51.8 Å². The lowest BCUT2D eigenvalue weighted by Crippen LogP contribution is -2.18. The van der Waals surface area contributed by atoms with Crippen LogP contribution in [0.5, 0.6) is 23.0 Å². The van der Waals surface area contributed by atoms with Crippen molar-refractivity contribution in [3.05, 3.63) is 46.5 Å². The molecular formula is C17H17ClN2O5. The Balaban J connectivity index is 2.20. The van der Waals surface area contributed by atoms with Gasteiger partial charge in [-0.15, -0.1) is 0 Å². The number of phenols is 1. The second-order valence-corrected chi connectivity index (χ2v) is 5.25. The highest BCUT2D eigenvalue weighted by molar-refractivity contribution is 6.30. The van der Waals surface area contributed by atoms with Crippen molar-refractivity contribution in [2.24, 2.45) is 5.10 Å². The Labute approximate surface area is 149 Å². The number of rotatable bonds is 6. The maximum absolute atomic E-state index is 12.3. The lowest BCUT2D eigenvalue weighted by molar-refractivity contribution is 0.0954. The largest absolute Gasteiger partial charge is 0.507 e. The first kappa shape index (κ1) is 18.4. The number of hydrogen-bond donors (Lipinski definition) is 2. The van der Waals surface area contributed by atoms with E-state index < -0.39 is 5.91 Å². The molecule has 0 radical (unpaired) electrons. The summed E-state index contributed by atoms with van der Waals surface area (Å²) in [5.41, 5.74) is 3.00. The first-order chi connectivity index (χ1) is 12.0. The standard InChI is InChI=1S/C17H17ClN2O5/c1-23-14-7-10(8-15(24-2)16(14)25-3)17(22)20-19-9-11-6-12(18)4-5-13(11)21/h4-9,21H,1-3H3,(H,20,22)/b19-9+. The van der Waals surface area contributed by atoms with Crippen LogP contribution in [0.15, 0.2) is 35.4 Å². The van der Waals surface area contributed by atoms with Crippen molar-refractivity contribution >= 4 is 23.7 Å². The van der Waals surface area contributed by atoms with Gasteiger partial charge in [0, 0.05) is 16.1 Å². The number of hydrazone groups is 1. The molecule has 0 aliphatic carbocycles. The fourth-order valence-electron chi connectivity index (χ4n) is 2.07. The number of ether oxygens (including phenoxy) is 3. The molecule has 1 amide bonds. The Morgan fingerprint density at radius 1 is 1.12 bits per heavy atom. The third-order valence-corrected chi connectivity index (χ3v) is 3.52. The smallest absolute Gasteiger partial charge is 0.271 e. The molecule has 0 bridgehead atoms. The van der Waals surface area contributed by atoms with Crippen LogP contribution >= 0.6 is 11.6 Å².